The molecular weight excluding hydrogens is 424 g/mol. The quantitative estimate of drug-likeness (QED) is 0.490. The summed E-state index contributed by atoms with van der Waals surface area (Å²) in [5, 5.41) is 18.2. The molecule has 0 radical (unpaired) electrons. The Morgan fingerprint density at radius 3 is 2.35 bits per heavy atom. The van der Waals surface area contributed by atoms with E-state index in [4.69, 9.17) is 11.1 Å². The molecule has 0 aliphatic carbocycles. The molecule has 1 fully saturated rings. The number of amides is 1. The molecule has 1 heterocycles. The van der Waals surface area contributed by atoms with E-state index in [1.165, 1.54) is 5.56 Å². The highest BCUT2D eigenvalue weighted by molar-refractivity contribution is 6.11. The largest absolute Gasteiger partial charge is 0.508 e. The summed E-state index contributed by atoms with van der Waals surface area (Å²) in [6.07, 6.45) is 1.58. The number of nitrogens with zero attached hydrogens (tertiary/aromatic N) is 2. The number of hydrogen-bond donors (Lipinski definition) is 3. The Morgan fingerprint density at radius 2 is 1.65 bits per heavy atom. The molecule has 1 aliphatic rings. The van der Waals surface area contributed by atoms with Gasteiger partial charge in [0.05, 0.1) is 5.71 Å². The third-order valence-electron chi connectivity index (χ3n) is 6.16. The van der Waals surface area contributed by atoms with E-state index in [1.807, 2.05) is 29.2 Å². The molecule has 1 aliphatic heterocycles. The number of piperazine rings is 1. The van der Waals surface area contributed by atoms with Crippen LogP contribution in [0.1, 0.15) is 32.6 Å². The summed E-state index contributed by atoms with van der Waals surface area (Å²) in [6.45, 7) is 5.72. The van der Waals surface area contributed by atoms with Crippen LogP contribution in [0, 0.1) is 12.3 Å². The first-order valence-corrected chi connectivity index (χ1v) is 11.4. The zero-order chi connectivity index (χ0) is 24.1. The number of aryl methyl sites for hydroxylation is 1. The zero-order valence-corrected chi connectivity index (χ0v) is 19.4. The highest BCUT2D eigenvalue weighted by Crippen LogP contribution is 2.21. The first-order valence-electron chi connectivity index (χ1n) is 11.4. The number of allylic oxidation sites excluding steroid dienone is 1. The fourth-order valence-electron chi connectivity index (χ4n) is 4.11. The molecule has 0 bridgehead atoms. The second-order valence-corrected chi connectivity index (χ2v) is 8.65. The number of aromatic hydroxyl groups is 1. The number of benzene rings is 3. The smallest absolute Gasteiger partial charge is 0.253 e. The number of phenols is 1. The van der Waals surface area contributed by atoms with Crippen molar-refractivity contribution in [2.24, 2.45) is 5.73 Å². The predicted octanol–water partition coefficient (Wildman–Crippen LogP) is 4.03. The van der Waals surface area contributed by atoms with Crippen molar-refractivity contribution in [1.82, 2.24) is 9.80 Å². The van der Waals surface area contributed by atoms with Crippen LogP contribution in [0.25, 0.3) is 5.70 Å². The Labute approximate surface area is 200 Å². The minimum Gasteiger partial charge on any atom is -0.508 e. The van der Waals surface area contributed by atoms with Crippen molar-refractivity contribution in [3.63, 3.8) is 0 Å². The molecule has 3 aromatic carbocycles. The Morgan fingerprint density at radius 1 is 0.941 bits per heavy atom. The van der Waals surface area contributed by atoms with Gasteiger partial charge in [-0.3, -0.25) is 9.69 Å². The van der Waals surface area contributed by atoms with E-state index >= 15 is 0 Å². The number of hydrogen-bond acceptors (Lipinski definition) is 5. The topological polar surface area (TPSA) is 93.6 Å². The fraction of sp³-hybridized carbons (Fsp3) is 0.214. The lowest BCUT2D eigenvalue weighted by atomic mass is 10.0. The number of phenolic OH excluding ortho intramolecular Hbond substituents is 1. The number of nitrogens with one attached hydrogen (secondary N) is 1. The highest BCUT2D eigenvalue weighted by Gasteiger charge is 2.22. The number of nitrogens with two attached hydrogens (primary N) is 1. The van der Waals surface area contributed by atoms with Crippen LogP contribution in [0.4, 0.5) is 0 Å². The van der Waals surface area contributed by atoms with Crippen LogP contribution in [0.15, 0.2) is 78.9 Å². The van der Waals surface area contributed by atoms with Crippen LogP contribution < -0.4 is 5.73 Å². The summed E-state index contributed by atoms with van der Waals surface area (Å²) in [6, 6.07) is 22.6. The van der Waals surface area contributed by atoms with Gasteiger partial charge in [-0.1, -0.05) is 42.5 Å². The minimum atomic E-state index is -0.0138. The molecule has 0 atom stereocenters. The van der Waals surface area contributed by atoms with Crippen LogP contribution in [-0.4, -0.2) is 52.7 Å². The Bertz CT molecular complexity index is 1210. The summed E-state index contributed by atoms with van der Waals surface area (Å²) in [5.41, 5.74) is 10.8. The molecule has 0 spiro atoms. The van der Waals surface area contributed by atoms with E-state index in [1.54, 1.807) is 49.4 Å². The summed E-state index contributed by atoms with van der Waals surface area (Å²) in [7, 11) is 0. The van der Waals surface area contributed by atoms with Gasteiger partial charge in [-0.05, 0) is 60.0 Å². The lowest BCUT2D eigenvalue weighted by molar-refractivity contribution is 0.0628. The molecule has 0 aromatic heterocycles. The van der Waals surface area contributed by atoms with E-state index in [0.717, 1.165) is 30.8 Å². The first-order chi connectivity index (χ1) is 16.4. The average Bonchev–Trinajstić information content (AvgIpc) is 2.86. The Balaban J connectivity index is 1.40. The molecule has 6 heteroatoms. The maximum Gasteiger partial charge on any atom is 0.253 e. The summed E-state index contributed by atoms with van der Waals surface area (Å²) >= 11 is 0. The van der Waals surface area contributed by atoms with Gasteiger partial charge in [0.1, 0.15) is 5.75 Å². The van der Waals surface area contributed by atoms with Crippen molar-refractivity contribution >= 4 is 17.3 Å². The number of rotatable bonds is 6. The monoisotopic (exact) mass is 454 g/mol. The van der Waals surface area contributed by atoms with Gasteiger partial charge >= 0.3 is 0 Å². The lowest BCUT2D eigenvalue weighted by Crippen LogP contribution is -2.48. The normalized spacial score (nSPS) is 14.7. The van der Waals surface area contributed by atoms with Crippen molar-refractivity contribution in [2.75, 3.05) is 26.2 Å². The molecular formula is C28H30N4O2. The van der Waals surface area contributed by atoms with Gasteiger partial charge in [-0.15, -0.1) is 0 Å². The first kappa shape index (κ1) is 23.3. The lowest BCUT2D eigenvalue weighted by Gasteiger charge is -2.34. The van der Waals surface area contributed by atoms with Crippen molar-refractivity contribution < 1.29 is 9.90 Å². The van der Waals surface area contributed by atoms with Gasteiger partial charge in [-0.2, -0.15) is 0 Å². The fourth-order valence-corrected chi connectivity index (χ4v) is 4.11. The van der Waals surface area contributed by atoms with Crippen LogP contribution in [0.2, 0.25) is 0 Å². The van der Waals surface area contributed by atoms with Gasteiger partial charge in [-0.25, -0.2) is 0 Å². The molecule has 1 amide bonds. The number of carbonyl (C=O) groups is 1. The van der Waals surface area contributed by atoms with E-state index in [-0.39, 0.29) is 17.4 Å². The number of carbonyl (C=O) groups excluding carboxylic acids is 1. The Hall–Kier alpha value is -3.90. The molecule has 4 rings (SSSR count). The zero-order valence-electron chi connectivity index (χ0n) is 19.4. The molecule has 3 aromatic rings. The van der Waals surface area contributed by atoms with E-state index < -0.39 is 0 Å². The maximum absolute atomic E-state index is 13.1. The van der Waals surface area contributed by atoms with E-state index in [9.17, 15) is 9.90 Å². The summed E-state index contributed by atoms with van der Waals surface area (Å²) in [5.74, 6) is 0.193. The average molecular weight is 455 g/mol. The minimum absolute atomic E-state index is 0.0138. The SMILES string of the molecule is Cc1cc(C(N)=CC(=N)c2cccc(C(=O)N3CCN(Cc4ccccc4)CC3)c2)ccc1O. The molecule has 6 nitrogen and oxygen atoms in total. The maximum atomic E-state index is 13.1. The Kier molecular flexibility index (Phi) is 7.09. The summed E-state index contributed by atoms with van der Waals surface area (Å²) < 4.78 is 0. The molecule has 34 heavy (non-hydrogen) atoms. The molecule has 0 saturated carbocycles. The summed E-state index contributed by atoms with van der Waals surface area (Å²) in [4.78, 5) is 17.4. The van der Waals surface area contributed by atoms with Crippen molar-refractivity contribution in [1.29, 1.82) is 5.41 Å². The van der Waals surface area contributed by atoms with Crippen molar-refractivity contribution in [2.45, 2.75) is 13.5 Å². The highest BCUT2D eigenvalue weighted by atomic mass is 16.3. The molecule has 0 unspecified atom stereocenters. The van der Waals surface area contributed by atoms with Gasteiger partial charge in [0.25, 0.3) is 5.91 Å². The standard InChI is InChI=1S/C28H30N4O2/c1-20-16-23(10-11-27(20)33)26(30)18-25(29)22-8-5-9-24(17-22)28(34)32-14-12-31(13-15-32)19-21-6-3-2-4-7-21/h2-11,16-18,29,33H,12-15,19,30H2,1H3. The van der Waals surface area contributed by atoms with E-state index in [0.29, 0.717) is 29.9 Å². The van der Waals surface area contributed by atoms with Gasteiger partial charge < -0.3 is 21.1 Å². The van der Waals surface area contributed by atoms with Gasteiger partial charge in [0.15, 0.2) is 0 Å². The van der Waals surface area contributed by atoms with Crippen LogP contribution in [0.3, 0.4) is 0 Å². The molecule has 1 saturated heterocycles. The van der Waals surface area contributed by atoms with Gasteiger partial charge in [0, 0.05) is 49.5 Å². The van der Waals surface area contributed by atoms with Gasteiger partial charge in [0.2, 0.25) is 0 Å². The van der Waals surface area contributed by atoms with Crippen molar-refractivity contribution in [3.8, 4) is 5.75 Å². The van der Waals surface area contributed by atoms with E-state index in [2.05, 4.69) is 17.0 Å². The van der Waals surface area contributed by atoms with Crippen molar-refractivity contribution in [3.05, 3.63) is 107 Å². The second-order valence-electron chi connectivity index (χ2n) is 8.65. The molecule has 4 N–H and O–H groups in total. The second kappa shape index (κ2) is 10.4. The predicted molar refractivity (Wildman–Crippen MR) is 136 cm³/mol. The third kappa shape index (κ3) is 5.53. The third-order valence-corrected chi connectivity index (χ3v) is 6.16. The van der Waals surface area contributed by atoms with Crippen LogP contribution in [0.5, 0.6) is 5.75 Å². The molecule has 174 valence electrons. The van der Waals surface area contributed by atoms with Crippen LogP contribution in [-0.2, 0) is 6.54 Å². The van der Waals surface area contributed by atoms with Crippen LogP contribution >= 0.6 is 0 Å².